The third-order valence-corrected chi connectivity index (χ3v) is 3.00. The van der Waals surface area contributed by atoms with Crippen LogP contribution in [0.15, 0.2) is 42.5 Å². The molecule has 0 bridgehead atoms. The summed E-state index contributed by atoms with van der Waals surface area (Å²) in [5, 5.41) is 0. The number of hydrogen-bond donors (Lipinski definition) is 1. The minimum atomic E-state index is -4.75. The molecule has 0 aliphatic rings. The highest BCUT2D eigenvalue weighted by atomic mass is 35.5. The number of ether oxygens (including phenoxy) is 2. The van der Waals surface area contributed by atoms with E-state index in [2.05, 4.69) is 4.74 Å². The van der Waals surface area contributed by atoms with Gasteiger partial charge in [-0.2, -0.15) is 0 Å². The number of hydrogen-bond acceptors (Lipinski definition) is 3. The zero-order valence-corrected chi connectivity index (χ0v) is 12.7. The second-order valence-electron chi connectivity index (χ2n) is 4.48. The largest absolute Gasteiger partial charge is 0.573 e. The Morgan fingerprint density at radius 2 is 1.65 bits per heavy atom. The quantitative estimate of drug-likeness (QED) is 0.839. The van der Waals surface area contributed by atoms with Crippen molar-refractivity contribution in [3.8, 4) is 11.5 Å². The van der Waals surface area contributed by atoms with Crippen molar-refractivity contribution < 1.29 is 27.0 Å². The number of methoxy groups -OCH3 is 1. The van der Waals surface area contributed by atoms with Gasteiger partial charge in [0.05, 0.1) is 13.2 Å². The maximum absolute atomic E-state index is 13.4. The van der Waals surface area contributed by atoms with Crippen molar-refractivity contribution in [1.29, 1.82) is 0 Å². The van der Waals surface area contributed by atoms with Crippen LogP contribution in [0, 0.1) is 5.82 Å². The molecule has 8 heteroatoms. The van der Waals surface area contributed by atoms with Gasteiger partial charge in [0, 0.05) is 5.56 Å². The third kappa shape index (κ3) is 5.01. The zero-order valence-electron chi connectivity index (χ0n) is 11.9. The number of benzene rings is 2. The van der Waals surface area contributed by atoms with Crippen LogP contribution in [0.1, 0.15) is 17.2 Å². The van der Waals surface area contributed by atoms with Gasteiger partial charge >= 0.3 is 6.36 Å². The molecular weight excluding hydrogens is 338 g/mol. The smallest absolute Gasteiger partial charge is 0.496 e. The summed E-state index contributed by atoms with van der Waals surface area (Å²) in [6.45, 7) is 0. The van der Waals surface area contributed by atoms with E-state index >= 15 is 0 Å². The van der Waals surface area contributed by atoms with Gasteiger partial charge in [-0.1, -0.05) is 12.1 Å². The van der Waals surface area contributed by atoms with Gasteiger partial charge in [-0.3, -0.25) is 0 Å². The van der Waals surface area contributed by atoms with Crippen LogP contribution in [0.3, 0.4) is 0 Å². The molecule has 0 aliphatic heterocycles. The van der Waals surface area contributed by atoms with Gasteiger partial charge in [0.25, 0.3) is 0 Å². The molecule has 0 aliphatic carbocycles. The Labute approximate surface area is 136 Å². The molecule has 2 aromatic rings. The van der Waals surface area contributed by atoms with E-state index in [9.17, 15) is 17.6 Å². The standard InChI is InChI=1S/C15H13F4NO2.ClH/c1-21-13-7-4-10(16)8-12(13)14(20)9-2-5-11(6-3-9)22-15(17,18)19;/h2-8,14H,20H2,1H3;1H/t14-;/m0./s1. The lowest BCUT2D eigenvalue weighted by Gasteiger charge is -2.17. The van der Waals surface area contributed by atoms with E-state index in [1.807, 2.05) is 0 Å². The summed E-state index contributed by atoms with van der Waals surface area (Å²) in [5.41, 5.74) is 6.92. The van der Waals surface area contributed by atoms with Crippen molar-refractivity contribution in [2.75, 3.05) is 7.11 Å². The molecule has 0 amide bonds. The van der Waals surface area contributed by atoms with Crippen LogP contribution in [0.25, 0.3) is 0 Å². The predicted octanol–water partition coefficient (Wildman–Crippen LogP) is 4.20. The van der Waals surface area contributed by atoms with Gasteiger partial charge in [-0.25, -0.2) is 4.39 Å². The number of rotatable bonds is 4. The van der Waals surface area contributed by atoms with E-state index < -0.39 is 18.2 Å². The highest BCUT2D eigenvalue weighted by molar-refractivity contribution is 5.85. The van der Waals surface area contributed by atoms with Crippen LogP contribution in [0.2, 0.25) is 0 Å². The Bertz CT molecular complexity index is 647. The summed E-state index contributed by atoms with van der Waals surface area (Å²) in [4.78, 5) is 0. The Morgan fingerprint density at radius 1 is 1.04 bits per heavy atom. The first kappa shape index (κ1) is 19.1. The van der Waals surface area contributed by atoms with Crippen LogP contribution in [-0.2, 0) is 0 Å². The average molecular weight is 352 g/mol. The first-order chi connectivity index (χ1) is 10.3. The van der Waals surface area contributed by atoms with E-state index in [4.69, 9.17) is 10.5 Å². The van der Waals surface area contributed by atoms with Gasteiger partial charge in [0.1, 0.15) is 17.3 Å². The summed E-state index contributed by atoms with van der Waals surface area (Å²) >= 11 is 0. The van der Waals surface area contributed by atoms with Gasteiger partial charge in [0.15, 0.2) is 0 Å². The molecule has 0 saturated carbocycles. The van der Waals surface area contributed by atoms with E-state index in [-0.39, 0.29) is 18.2 Å². The van der Waals surface area contributed by atoms with Crippen molar-refractivity contribution in [3.63, 3.8) is 0 Å². The molecule has 2 aromatic carbocycles. The molecule has 2 rings (SSSR count). The molecule has 0 radical (unpaired) electrons. The fourth-order valence-corrected chi connectivity index (χ4v) is 2.00. The lowest BCUT2D eigenvalue weighted by atomic mass is 9.98. The van der Waals surface area contributed by atoms with E-state index in [1.54, 1.807) is 0 Å². The highest BCUT2D eigenvalue weighted by Crippen LogP contribution is 2.30. The van der Waals surface area contributed by atoms with Crippen molar-refractivity contribution in [2.24, 2.45) is 5.73 Å². The lowest BCUT2D eigenvalue weighted by molar-refractivity contribution is -0.274. The molecule has 126 valence electrons. The Hall–Kier alpha value is -1.99. The topological polar surface area (TPSA) is 44.5 Å². The second-order valence-corrected chi connectivity index (χ2v) is 4.48. The van der Waals surface area contributed by atoms with Crippen LogP contribution < -0.4 is 15.2 Å². The summed E-state index contributed by atoms with van der Waals surface area (Å²) in [6.07, 6.45) is -4.75. The average Bonchev–Trinajstić information content (AvgIpc) is 2.45. The fraction of sp³-hybridized carbons (Fsp3) is 0.200. The summed E-state index contributed by atoms with van der Waals surface area (Å²) in [6, 6.07) is 8.21. The van der Waals surface area contributed by atoms with Crippen LogP contribution in [-0.4, -0.2) is 13.5 Å². The number of alkyl halides is 3. The highest BCUT2D eigenvalue weighted by Gasteiger charge is 2.31. The van der Waals surface area contributed by atoms with Crippen molar-refractivity contribution in [2.45, 2.75) is 12.4 Å². The molecule has 23 heavy (non-hydrogen) atoms. The monoisotopic (exact) mass is 351 g/mol. The summed E-state index contributed by atoms with van der Waals surface area (Å²) in [7, 11) is 1.42. The summed E-state index contributed by atoms with van der Waals surface area (Å²) < 4.78 is 58.6. The minimum absolute atomic E-state index is 0. The zero-order chi connectivity index (χ0) is 16.3. The van der Waals surface area contributed by atoms with E-state index in [1.165, 1.54) is 37.4 Å². The Kier molecular flexibility index (Phi) is 6.23. The Balaban J connectivity index is 0.00000264. The molecule has 0 heterocycles. The van der Waals surface area contributed by atoms with Crippen LogP contribution >= 0.6 is 12.4 Å². The second kappa shape index (κ2) is 7.52. The molecule has 0 spiro atoms. The predicted molar refractivity (Wildman–Crippen MR) is 79.4 cm³/mol. The molecule has 1 atom stereocenters. The number of nitrogens with two attached hydrogens (primary N) is 1. The van der Waals surface area contributed by atoms with Crippen LogP contribution in [0.4, 0.5) is 17.6 Å². The molecule has 0 aromatic heterocycles. The van der Waals surface area contributed by atoms with Crippen molar-refractivity contribution in [3.05, 3.63) is 59.4 Å². The van der Waals surface area contributed by atoms with E-state index in [0.717, 1.165) is 12.1 Å². The van der Waals surface area contributed by atoms with Gasteiger partial charge in [-0.05, 0) is 35.9 Å². The molecule has 0 fully saturated rings. The first-order valence-electron chi connectivity index (χ1n) is 6.25. The third-order valence-electron chi connectivity index (χ3n) is 3.00. The SMILES string of the molecule is COc1ccc(F)cc1[C@@H](N)c1ccc(OC(F)(F)F)cc1.Cl. The fourth-order valence-electron chi connectivity index (χ4n) is 2.00. The van der Waals surface area contributed by atoms with Gasteiger partial charge in [-0.15, -0.1) is 25.6 Å². The van der Waals surface area contributed by atoms with Crippen molar-refractivity contribution in [1.82, 2.24) is 0 Å². The van der Waals surface area contributed by atoms with E-state index in [0.29, 0.717) is 16.9 Å². The maximum Gasteiger partial charge on any atom is 0.573 e. The first-order valence-corrected chi connectivity index (χ1v) is 6.25. The number of halogens is 5. The molecular formula is C15H14ClF4NO2. The van der Waals surface area contributed by atoms with Crippen LogP contribution in [0.5, 0.6) is 11.5 Å². The summed E-state index contributed by atoms with van der Waals surface area (Å²) in [5.74, 6) is -0.442. The maximum atomic E-state index is 13.4. The molecule has 0 saturated heterocycles. The molecule has 0 unspecified atom stereocenters. The Morgan fingerprint density at radius 3 is 2.17 bits per heavy atom. The lowest BCUT2D eigenvalue weighted by Crippen LogP contribution is -2.17. The molecule has 3 nitrogen and oxygen atoms in total. The van der Waals surface area contributed by atoms with Crippen molar-refractivity contribution >= 4 is 12.4 Å². The van der Waals surface area contributed by atoms with Gasteiger partial charge in [0.2, 0.25) is 0 Å². The molecule has 2 N–H and O–H groups in total. The van der Waals surface area contributed by atoms with Gasteiger partial charge < -0.3 is 15.2 Å². The normalized spacial score (nSPS) is 12.3. The minimum Gasteiger partial charge on any atom is -0.496 e.